The number of aliphatic hydroxyl groups excluding tert-OH is 1. The highest BCUT2D eigenvalue weighted by Gasteiger charge is 2.54. The second kappa shape index (κ2) is 8.76. The highest BCUT2D eigenvalue weighted by atomic mass is 16.3. The SMILES string of the molecule is O=C(c1ccccn1)N1CC(=O)N2[C@@H](CO)[C@@H](c3ccc(C#CC4CCCC4)cc3)[C@@H]2C1. The Hall–Kier alpha value is -3.17. The van der Waals surface area contributed by atoms with Gasteiger partial charge in [0.2, 0.25) is 5.91 Å². The van der Waals surface area contributed by atoms with E-state index in [4.69, 9.17) is 0 Å². The van der Waals surface area contributed by atoms with Crippen molar-refractivity contribution in [1.29, 1.82) is 0 Å². The number of rotatable bonds is 3. The molecular weight excluding hydrogens is 402 g/mol. The van der Waals surface area contributed by atoms with Crippen LogP contribution in [0.1, 0.15) is 53.2 Å². The van der Waals surface area contributed by atoms with Gasteiger partial charge in [0.1, 0.15) is 12.2 Å². The minimum atomic E-state index is -0.255. The Morgan fingerprint density at radius 1 is 1.12 bits per heavy atom. The molecule has 164 valence electrons. The monoisotopic (exact) mass is 429 g/mol. The molecule has 1 aromatic heterocycles. The quantitative estimate of drug-likeness (QED) is 0.761. The summed E-state index contributed by atoms with van der Waals surface area (Å²) in [6.45, 7) is 0.362. The van der Waals surface area contributed by atoms with E-state index in [0.717, 1.165) is 11.1 Å². The molecule has 6 nitrogen and oxygen atoms in total. The van der Waals surface area contributed by atoms with Crippen molar-refractivity contribution in [3.63, 3.8) is 0 Å². The molecule has 0 bridgehead atoms. The Bertz CT molecular complexity index is 1050. The van der Waals surface area contributed by atoms with Gasteiger partial charge >= 0.3 is 0 Å². The number of piperazine rings is 1. The third-order valence-electron chi connectivity index (χ3n) is 6.99. The summed E-state index contributed by atoms with van der Waals surface area (Å²) >= 11 is 0. The number of fused-ring (bicyclic) bond motifs is 1. The van der Waals surface area contributed by atoms with E-state index in [2.05, 4.69) is 16.8 Å². The van der Waals surface area contributed by atoms with Crippen LogP contribution < -0.4 is 0 Å². The van der Waals surface area contributed by atoms with E-state index in [9.17, 15) is 14.7 Å². The number of carbonyl (C=O) groups excluding carboxylic acids is 2. The first-order valence-electron chi connectivity index (χ1n) is 11.4. The van der Waals surface area contributed by atoms with Gasteiger partial charge in [0.05, 0.1) is 18.7 Å². The number of aromatic nitrogens is 1. The second-order valence-corrected chi connectivity index (χ2v) is 8.92. The Morgan fingerprint density at radius 3 is 2.59 bits per heavy atom. The summed E-state index contributed by atoms with van der Waals surface area (Å²) in [5, 5.41) is 9.98. The first kappa shape index (κ1) is 20.7. The van der Waals surface area contributed by atoms with Crippen molar-refractivity contribution in [1.82, 2.24) is 14.8 Å². The van der Waals surface area contributed by atoms with E-state index in [1.54, 1.807) is 34.2 Å². The maximum absolute atomic E-state index is 12.9. The van der Waals surface area contributed by atoms with Crippen LogP contribution >= 0.6 is 0 Å². The van der Waals surface area contributed by atoms with Gasteiger partial charge in [-0.3, -0.25) is 14.6 Å². The molecule has 1 N–H and O–H groups in total. The van der Waals surface area contributed by atoms with Crippen molar-refractivity contribution in [3.05, 3.63) is 65.5 Å². The predicted molar refractivity (Wildman–Crippen MR) is 120 cm³/mol. The maximum atomic E-state index is 12.9. The van der Waals surface area contributed by atoms with Gasteiger partial charge in [0.15, 0.2) is 0 Å². The van der Waals surface area contributed by atoms with Crippen LogP contribution in [0.3, 0.4) is 0 Å². The maximum Gasteiger partial charge on any atom is 0.272 e. The standard InChI is InChI=1S/C26H27N3O3/c30-17-23-25(20-12-10-19(11-13-20)9-8-18-5-1-2-6-18)22-15-28(16-24(31)29(22)23)26(32)21-7-3-4-14-27-21/h3-4,7,10-14,18,22-23,25,30H,1-2,5-6,15-17H2/t22-,23-,25-/m0/s1. The molecule has 3 heterocycles. The van der Waals surface area contributed by atoms with Gasteiger partial charge in [-0.15, -0.1) is 0 Å². The van der Waals surface area contributed by atoms with E-state index in [1.807, 2.05) is 24.3 Å². The number of aliphatic hydroxyl groups is 1. The predicted octanol–water partition coefficient (Wildman–Crippen LogP) is 2.43. The molecule has 3 fully saturated rings. The number of amides is 2. The third-order valence-corrected chi connectivity index (χ3v) is 6.99. The number of carbonyl (C=O) groups is 2. The van der Waals surface area contributed by atoms with Gasteiger partial charge in [-0.2, -0.15) is 0 Å². The number of benzene rings is 1. The molecule has 2 aromatic rings. The Labute approximate surface area is 188 Å². The fourth-order valence-corrected chi connectivity index (χ4v) is 5.35. The zero-order chi connectivity index (χ0) is 22.1. The fraction of sp³-hybridized carbons (Fsp3) is 0.423. The van der Waals surface area contributed by atoms with Crippen molar-refractivity contribution in [2.45, 2.75) is 43.7 Å². The number of pyridine rings is 1. The average molecular weight is 430 g/mol. The molecule has 3 aliphatic rings. The van der Waals surface area contributed by atoms with Crippen LogP contribution in [0.15, 0.2) is 48.7 Å². The van der Waals surface area contributed by atoms with Gasteiger partial charge in [-0.05, 0) is 42.7 Å². The molecule has 2 amide bonds. The normalized spacial score (nSPS) is 25.0. The second-order valence-electron chi connectivity index (χ2n) is 8.92. The molecule has 1 saturated carbocycles. The Kier molecular flexibility index (Phi) is 5.67. The van der Waals surface area contributed by atoms with Crippen molar-refractivity contribution in [3.8, 4) is 11.8 Å². The molecule has 3 atom stereocenters. The summed E-state index contributed by atoms with van der Waals surface area (Å²) in [4.78, 5) is 33.1. The first-order chi connectivity index (χ1) is 15.7. The minimum absolute atomic E-state index is 0.0138. The van der Waals surface area contributed by atoms with Crippen LogP contribution in [0.25, 0.3) is 0 Å². The summed E-state index contributed by atoms with van der Waals surface area (Å²) in [5.74, 6) is 6.83. The van der Waals surface area contributed by atoms with Crippen molar-refractivity contribution in [2.24, 2.45) is 5.92 Å². The molecule has 2 saturated heterocycles. The van der Waals surface area contributed by atoms with Crippen molar-refractivity contribution >= 4 is 11.8 Å². The van der Waals surface area contributed by atoms with E-state index >= 15 is 0 Å². The van der Waals surface area contributed by atoms with E-state index in [-0.39, 0.29) is 43.0 Å². The number of hydrogen-bond acceptors (Lipinski definition) is 4. The van der Waals surface area contributed by atoms with Crippen LogP contribution in [0.2, 0.25) is 0 Å². The summed E-state index contributed by atoms with van der Waals surface area (Å²) in [6.07, 6.45) is 6.53. The number of nitrogens with zero attached hydrogens (tertiary/aromatic N) is 3. The molecule has 0 spiro atoms. The third kappa shape index (κ3) is 3.78. The Morgan fingerprint density at radius 2 is 1.91 bits per heavy atom. The lowest BCUT2D eigenvalue weighted by molar-refractivity contribution is -0.159. The zero-order valence-electron chi connectivity index (χ0n) is 18.0. The highest BCUT2D eigenvalue weighted by Crippen LogP contribution is 2.43. The van der Waals surface area contributed by atoms with Crippen LogP contribution in [-0.2, 0) is 4.79 Å². The van der Waals surface area contributed by atoms with E-state index < -0.39 is 0 Å². The van der Waals surface area contributed by atoms with Crippen LogP contribution in [0.4, 0.5) is 0 Å². The molecule has 6 heteroatoms. The van der Waals surface area contributed by atoms with Crippen molar-refractivity contribution < 1.29 is 14.7 Å². The topological polar surface area (TPSA) is 73.7 Å². The molecule has 5 rings (SSSR count). The van der Waals surface area contributed by atoms with E-state index in [1.165, 1.54) is 25.7 Å². The van der Waals surface area contributed by atoms with Gasteiger partial charge in [0.25, 0.3) is 5.91 Å². The minimum Gasteiger partial charge on any atom is -0.394 e. The molecule has 1 aromatic carbocycles. The van der Waals surface area contributed by atoms with Gasteiger partial charge in [0, 0.05) is 30.1 Å². The Balaban J connectivity index is 1.33. The average Bonchev–Trinajstić information content (AvgIpc) is 3.33. The van der Waals surface area contributed by atoms with E-state index in [0.29, 0.717) is 18.2 Å². The van der Waals surface area contributed by atoms with Crippen LogP contribution in [0, 0.1) is 17.8 Å². The van der Waals surface area contributed by atoms with Gasteiger partial charge in [-0.25, -0.2) is 0 Å². The zero-order valence-corrected chi connectivity index (χ0v) is 18.0. The first-order valence-corrected chi connectivity index (χ1v) is 11.4. The smallest absolute Gasteiger partial charge is 0.272 e. The summed E-state index contributed by atoms with van der Waals surface area (Å²) in [5.41, 5.74) is 2.40. The summed E-state index contributed by atoms with van der Waals surface area (Å²) in [6, 6.07) is 12.9. The van der Waals surface area contributed by atoms with Crippen molar-refractivity contribution in [2.75, 3.05) is 19.7 Å². The fourth-order valence-electron chi connectivity index (χ4n) is 5.35. The molecule has 32 heavy (non-hydrogen) atoms. The molecule has 1 aliphatic carbocycles. The summed E-state index contributed by atoms with van der Waals surface area (Å²) < 4.78 is 0. The largest absolute Gasteiger partial charge is 0.394 e. The van der Waals surface area contributed by atoms with Crippen LogP contribution in [-0.4, -0.2) is 63.5 Å². The lowest BCUT2D eigenvalue weighted by Gasteiger charge is -2.58. The lowest BCUT2D eigenvalue weighted by Crippen LogP contribution is -2.73. The molecular formula is C26H27N3O3. The number of hydrogen-bond donors (Lipinski definition) is 1. The summed E-state index contributed by atoms with van der Waals surface area (Å²) in [7, 11) is 0. The molecule has 0 unspecified atom stereocenters. The molecule has 0 radical (unpaired) electrons. The molecule has 2 aliphatic heterocycles. The van der Waals surface area contributed by atoms with Crippen LogP contribution in [0.5, 0.6) is 0 Å². The van der Waals surface area contributed by atoms with Gasteiger partial charge < -0.3 is 14.9 Å². The van der Waals surface area contributed by atoms with Gasteiger partial charge in [-0.1, -0.05) is 42.9 Å². The lowest BCUT2D eigenvalue weighted by atomic mass is 9.73. The highest BCUT2D eigenvalue weighted by molar-refractivity contribution is 5.96.